The molecule has 0 radical (unpaired) electrons. The van der Waals surface area contributed by atoms with Gasteiger partial charge in [-0.15, -0.1) is 32.9 Å². The molecule has 3 aromatic carbocycles. The first-order valence-electron chi connectivity index (χ1n) is 22.1. The molecule has 2 aliphatic heterocycles. The molecule has 6 aromatic rings. The van der Waals surface area contributed by atoms with Gasteiger partial charge in [0.15, 0.2) is 5.82 Å². The third-order valence-corrected chi connectivity index (χ3v) is 14.8. The average Bonchev–Trinajstić information content (AvgIpc) is 4.09. The highest BCUT2D eigenvalue weighted by atomic mass is 32.1. The highest BCUT2D eigenvalue weighted by Gasteiger charge is 2.43. The lowest BCUT2D eigenvalue weighted by Gasteiger charge is -2.35. The Morgan fingerprint density at radius 3 is 2.24 bits per heavy atom. The first kappa shape index (κ1) is 47.0. The molecule has 67 heavy (non-hydrogen) atoms. The summed E-state index contributed by atoms with van der Waals surface area (Å²) in [4.78, 5) is 67.9. The number of amides is 3. The number of thiazole rings is 1. The Kier molecular flexibility index (Phi) is 13.1. The van der Waals surface area contributed by atoms with Crippen molar-refractivity contribution in [3.63, 3.8) is 0 Å². The SMILES string of the molecule is COC(=O)CC1N=C(c2ccc(-c3c(F)ccc(C(=O)NC(C(=O)N4CCCC4C(=O)NC(C)c4ccc(-c5scnc5C)cc4)C(C)(C)C)c3F)cc2)c2c(sc(C)c2C)-n2c(C)nnc21. The van der Waals surface area contributed by atoms with Crippen molar-refractivity contribution in [3.8, 4) is 26.6 Å². The van der Waals surface area contributed by atoms with Gasteiger partial charge in [-0.25, -0.2) is 13.8 Å². The molecular weight excluding hydrogens is 895 g/mol. The number of benzene rings is 3. The number of aryl methyl sites for hydroxylation is 3. The molecule has 3 aromatic heterocycles. The van der Waals surface area contributed by atoms with Crippen LogP contribution in [0.15, 0.2) is 71.2 Å². The van der Waals surface area contributed by atoms with E-state index in [-0.39, 0.29) is 23.9 Å². The first-order valence-corrected chi connectivity index (χ1v) is 23.8. The number of methoxy groups -OCH3 is 1. The number of aliphatic imine (C=N–C) groups is 1. The number of carbonyl (C=O) groups excluding carboxylic acids is 4. The average molecular weight is 947 g/mol. The number of rotatable bonds is 11. The molecule has 3 amide bonds. The van der Waals surface area contributed by atoms with Crippen LogP contribution in [0.1, 0.15) is 114 Å². The number of hydrogen-bond acceptors (Lipinski definition) is 11. The number of thiophene rings is 1. The van der Waals surface area contributed by atoms with Crippen LogP contribution >= 0.6 is 22.7 Å². The third-order valence-electron chi connectivity index (χ3n) is 12.6. The summed E-state index contributed by atoms with van der Waals surface area (Å²) < 4.78 is 39.3. The number of ether oxygens (including phenoxy) is 1. The Bertz CT molecular complexity index is 2930. The summed E-state index contributed by atoms with van der Waals surface area (Å²) in [7, 11) is 1.31. The number of hydrogen-bond donors (Lipinski definition) is 2. The predicted octanol–water partition coefficient (Wildman–Crippen LogP) is 9.10. The third kappa shape index (κ3) is 9.06. The second-order valence-corrected chi connectivity index (χ2v) is 20.2. The minimum atomic E-state index is -1.16. The molecule has 2 N–H and O–H groups in total. The monoisotopic (exact) mass is 946 g/mol. The van der Waals surface area contributed by atoms with Gasteiger partial charge < -0.3 is 20.3 Å². The van der Waals surface area contributed by atoms with Crippen LogP contribution in [0.5, 0.6) is 0 Å². The number of esters is 1. The Morgan fingerprint density at radius 2 is 1.58 bits per heavy atom. The van der Waals surface area contributed by atoms with Crippen LogP contribution in [-0.2, 0) is 19.1 Å². The summed E-state index contributed by atoms with van der Waals surface area (Å²) in [6, 6.07) is 13.5. The van der Waals surface area contributed by atoms with Crippen LogP contribution < -0.4 is 10.6 Å². The maximum Gasteiger partial charge on any atom is 0.308 e. The van der Waals surface area contributed by atoms with Gasteiger partial charge in [-0.05, 0) is 87.3 Å². The van der Waals surface area contributed by atoms with E-state index < -0.39 is 64.1 Å². The maximum absolute atomic E-state index is 16.6. The van der Waals surface area contributed by atoms with E-state index in [1.54, 1.807) is 67.7 Å². The highest BCUT2D eigenvalue weighted by molar-refractivity contribution is 7.15. The van der Waals surface area contributed by atoms with Gasteiger partial charge in [-0.3, -0.25) is 28.7 Å². The lowest BCUT2D eigenvalue weighted by Crippen LogP contribution is -2.57. The lowest BCUT2D eigenvalue weighted by molar-refractivity contribution is -0.142. The Hall–Kier alpha value is -6.46. The van der Waals surface area contributed by atoms with Crippen LogP contribution in [0, 0.1) is 44.7 Å². The van der Waals surface area contributed by atoms with E-state index in [0.29, 0.717) is 42.3 Å². The Balaban J connectivity index is 1.02. The molecule has 4 unspecified atom stereocenters. The minimum absolute atomic E-state index is 0.0891. The van der Waals surface area contributed by atoms with Gasteiger partial charge >= 0.3 is 5.97 Å². The fraction of sp³-hybridized carbons (Fsp3) is 0.360. The van der Waals surface area contributed by atoms with E-state index in [1.807, 2.05) is 69.0 Å². The number of nitrogens with one attached hydrogen (secondary N) is 2. The molecule has 5 heterocycles. The largest absolute Gasteiger partial charge is 0.469 e. The normalized spacial score (nSPS) is 16.6. The number of fused-ring (bicyclic) bond motifs is 3. The predicted molar refractivity (Wildman–Crippen MR) is 255 cm³/mol. The molecule has 0 saturated carbocycles. The van der Waals surface area contributed by atoms with Gasteiger partial charge in [0.1, 0.15) is 40.6 Å². The van der Waals surface area contributed by atoms with Gasteiger partial charge in [0, 0.05) is 22.5 Å². The Morgan fingerprint density at radius 1 is 0.896 bits per heavy atom. The smallest absolute Gasteiger partial charge is 0.308 e. The molecular formula is C50H52F2N8O5S2. The van der Waals surface area contributed by atoms with E-state index in [0.717, 1.165) is 54.8 Å². The number of aromatic nitrogens is 4. The van der Waals surface area contributed by atoms with E-state index in [2.05, 4.69) is 25.8 Å². The molecule has 1 saturated heterocycles. The van der Waals surface area contributed by atoms with Crippen molar-refractivity contribution in [2.75, 3.05) is 13.7 Å². The maximum atomic E-state index is 16.6. The minimum Gasteiger partial charge on any atom is -0.469 e. The van der Waals surface area contributed by atoms with Gasteiger partial charge in [0.05, 0.1) is 52.5 Å². The van der Waals surface area contributed by atoms with Crippen molar-refractivity contribution in [2.24, 2.45) is 10.4 Å². The van der Waals surface area contributed by atoms with Crippen molar-refractivity contribution in [1.82, 2.24) is 35.3 Å². The number of carbonyl (C=O) groups is 4. The van der Waals surface area contributed by atoms with Crippen LogP contribution in [0.25, 0.3) is 26.6 Å². The molecule has 0 bridgehead atoms. The van der Waals surface area contributed by atoms with Crippen LogP contribution in [0.3, 0.4) is 0 Å². The van der Waals surface area contributed by atoms with Gasteiger partial charge in [-0.1, -0.05) is 69.3 Å². The summed E-state index contributed by atoms with van der Waals surface area (Å²) in [6.07, 6.45) is 0.928. The van der Waals surface area contributed by atoms with E-state index >= 15 is 8.78 Å². The quantitative estimate of drug-likeness (QED) is 0.122. The van der Waals surface area contributed by atoms with Crippen molar-refractivity contribution in [2.45, 2.75) is 98.8 Å². The molecule has 1 fully saturated rings. The fourth-order valence-electron chi connectivity index (χ4n) is 8.77. The molecule has 0 aliphatic carbocycles. The van der Waals surface area contributed by atoms with E-state index in [9.17, 15) is 19.2 Å². The second kappa shape index (κ2) is 18.7. The van der Waals surface area contributed by atoms with Gasteiger partial charge in [0.25, 0.3) is 5.91 Å². The lowest BCUT2D eigenvalue weighted by atomic mass is 9.85. The van der Waals surface area contributed by atoms with E-state index in [1.165, 1.54) is 12.0 Å². The zero-order chi connectivity index (χ0) is 48.1. The van der Waals surface area contributed by atoms with Crippen LogP contribution in [-0.4, -0.2) is 79.8 Å². The zero-order valence-electron chi connectivity index (χ0n) is 38.8. The molecule has 8 rings (SSSR count). The summed E-state index contributed by atoms with van der Waals surface area (Å²) in [5.41, 5.74) is 6.11. The highest BCUT2D eigenvalue weighted by Crippen LogP contribution is 2.40. The molecule has 4 atom stereocenters. The summed E-state index contributed by atoms with van der Waals surface area (Å²) >= 11 is 3.11. The molecule has 2 aliphatic rings. The summed E-state index contributed by atoms with van der Waals surface area (Å²) in [5.74, 6) is -3.04. The summed E-state index contributed by atoms with van der Waals surface area (Å²) in [5, 5.41) is 15.4. The number of halogens is 2. The van der Waals surface area contributed by atoms with Crippen molar-refractivity contribution in [3.05, 3.63) is 128 Å². The topological polar surface area (TPSA) is 161 Å². The number of likely N-dealkylation sites (tertiary alicyclic amines) is 1. The number of nitrogens with zero attached hydrogens (tertiary/aromatic N) is 6. The molecule has 17 heteroatoms. The standard InChI is InChI=1S/C50H52F2N8O5S2/c1-25-28(4)67-49-39(25)42(55-36(23-38(61)65-9)45-58-57-29(5)60(45)49)32-16-14-31(15-17-32)40-35(51)21-20-34(41(40)52)46(62)56-44(50(6,7)8)48(64)59-22-10-11-37(59)47(63)54-26(2)30-12-18-33(19-13-30)43-27(3)53-24-66-43/h12-21,24,26,36-37,44H,10-11,22-23H2,1-9H3,(H,54,63)(H,56,62). The first-order chi connectivity index (χ1) is 31.9. The molecule has 13 nitrogen and oxygen atoms in total. The summed E-state index contributed by atoms with van der Waals surface area (Å²) in [6.45, 7) is 15.3. The van der Waals surface area contributed by atoms with Crippen LogP contribution in [0.4, 0.5) is 8.78 Å². The second-order valence-electron chi connectivity index (χ2n) is 18.1. The van der Waals surface area contributed by atoms with Crippen molar-refractivity contribution in [1.29, 1.82) is 0 Å². The van der Waals surface area contributed by atoms with Gasteiger partial charge in [-0.2, -0.15) is 0 Å². The molecule has 0 spiro atoms. The van der Waals surface area contributed by atoms with Crippen molar-refractivity contribution < 1.29 is 32.7 Å². The Labute approximate surface area is 395 Å². The van der Waals surface area contributed by atoms with Crippen molar-refractivity contribution >= 4 is 52.1 Å². The van der Waals surface area contributed by atoms with Crippen LogP contribution in [0.2, 0.25) is 0 Å². The fourth-order valence-corrected chi connectivity index (χ4v) is 10.8. The zero-order valence-corrected chi connectivity index (χ0v) is 40.4. The van der Waals surface area contributed by atoms with Gasteiger partial charge in [0.2, 0.25) is 11.8 Å². The molecule has 348 valence electrons. The van der Waals surface area contributed by atoms with E-state index in [4.69, 9.17) is 9.73 Å².